The van der Waals surface area contributed by atoms with E-state index >= 15 is 0 Å². The Morgan fingerprint density at radius 2 is 2.04 bits per heavy atom. The number of fused-ring (bicyclic) bond motifs is 1. The maximum absolute atomic E-state index is 12.6. The van der Waals surface area contributed by atoms with E-state index in [0.717, 1.165) is 0 Å². The summed E-state index contributed by atoms with van der Waals surface area (Å²) in [5.74, 6) is -1.60. The van der Waals surface area contributed by atoms with Crippen molar-refractivity contribution in [3.05, 3.63) is 29.3 Å². The van der Waals surface area contributed by atoms with Gasteiger partial charge in [0.2, 0.25) is 11.8 Å². The molecular formula is C15H17N3O6S. The molecule has 0 radical (unpaired) electrons. The van der Waals surface area contributed by atoms with Crippen LogP contribution in [-0.2, 0) is 26.3 Å². The van der Waals surface area contributed by atoms with E-state index in [4.69, 9.17) is 4.55 Å². The highest BCUT2D eigenvalue weighted by Crippen LogP contribution is 2.32. The third-order valence-electron chi connectivity index (χ3n) is 4.26. The number of rotatable bonds is 5. The van der Waals surface area contributed by atoms with Crippen LogP contribution in [-0.4, -0.2) is 53.9 Å². The van der Waals surface area contributed by atoms with Gasteiger partial charge in [0.1, 0.15) is 6.04 Å². The van der Waals surface area contributed by atoms with E-state index in [0.29, 0.717) is 16.8 Å². The van der Waals surface area contributed by atoms with Crippen LogP contribution in [0.25, 0.3) is 0 Å². The first-order valence-electron chi connectivity index (χ1n) is 7.72. The molecule has 134 valence electrons. The van der Waals surface area contributed by atoms with Crippen LogP contribution in [0.5, 0.6) is 0 Å². The van der Waals surface area contributed by atoms with Crippen LogP contribution in [0.15, 0.2) is 18.2 Å². The number of anilines is 1. The summed E-state index contributed by atoms with van der Waals surface area (Å²) >= 11 is 0. The summed E-state index contributed by atoms with van der Waals surface area (Å²) in [5.41, 5.74) is 1.67. The van der Waals surface area contributed by atoms with Crippen LogP contribution in [0.2, 0.25) is 0 Å². The topological polar surface area (TPSA) is 133 Å². The Morgan fingerprint density at radius 1 is 1.28 bits per heavy atom. The molecule has 1 aromatic carbocycles. The SMILES string of the molecule is O=C1CCC(N2Cc3c(NCCS(=O)(=O)O)cccc3C2=O)C(=O)N1. The first-order chi connectivity index (χ1) is 11.8. The second kappa shape index (κ2) is 6.45. The monoisotopic (exact) mass is 367 g/mol. The molecule has 1 aromatic rings. The second-order valence-corrected chi connectivity index (χ2v) is 7.52. The summed E-state index contributed by atoms with van der Waals surface area (Å²) in [6.45, 7) is 0.178. The van der Waals surface area contributed by atoms with Crippen molar-refractivity contribution >= 4 is 33.5 Å². The number of piperidine rings is 1. The van der Waals surface area contributed by atoms with Crippen LogP contribution < -0.4 is 10.6 Å². The molecule has 1 unspecified atom stereocenters. The van der Waals surface area contributed by atoms with Crippen LogP contribution >= 0.6 is 0 Å². The lowest BCUT2D eigenvalue weighted by molar-refractivity contribution is -0.136. The molecule has 9 nitrogen and oxygen atoms in total. The van der Waals surface area contributed by atoms with Gasteiger partial charge in [-0.3, -0.25) is 24.3 Å². The van der Waals surface area contributed by atoms with E-state index in [1.54, 1.807) is 18.2 Å². The van der Waals surface area contributed by atoms with Gasteiger partial charge in [0.25, 0.3) is 16.0 Å². The van der Waals surface area contributed by atoms with E-state index in [1.807, 2.05) is 0 Å². The van der Waals surface area contributed by atoms with Gasteiger partial charge in [0, 0.05) is 36.3 Å². The van der Waals surface area contributed by atoms with Crippen LogP contribution in [0.3, 0.4) is 0 Å². The molecular weight excluding hydrogens is 350 g/mol. The van der Waals surface area contributed by atoms with Gasteiger partial charge in [0.05, 0.1) is 5.75 Å². The minimum absolute atomic E-state index is 0.0120. The number of carbonyl (C=O) groups excluding carboxylic acids is 3. The number of carbonyl (C=O) groups is 3. The lowest BCUT2D eigenvalue weighted by Gasteiger charge is -2.29. The second-order valence-electron chi connectivity index (χ2n) is 5.94. The zero-order chi connectivity index (χ0) is 18.2. The van der Waals surface area contributed by atoms with Gasteiger partial charge in [-0.05, 0) is 18.6 Å². The number of amides is 3. The number of nitrogens with zero attached hydrogens (tertiary/aromatic N) is 1. The fourth-order valence-electron chi connectivity index (χ4n) is 3.07. The molecule has 0 aliphatic carbocycles. The minimum Gasteiger partial charge on any atom is -0.384 e. The molecule has 3 N–H and O–H groups in total. The molecule has 10 heteroatoms. The largest absolute Gasteiger partial charge is 0.384 e. The van der Waals surface area contributed by atoms with E-state index in [1.165, 1.54) is 4.90 Å². The van der Waals surface area contributed by atoms with Gasteiger partial charge < -0.3 is 10.2 Å². The highest BCUT2D eigenvalue weighted by atomic mass is 32.2. The molecule has 25 heavy (non-hydrogen) atoms. The maximum Gasteiger partial charge on any atom is 0.266 e. The predicted octanol–water partition coefficient (Wildman–Crippen LogP) is -0.253. The lowest BCUT2D eigenvalue weighted by atomic mass is 10.0. The molecule has 1 fully saturated rings. The Balaban J connectivity index is 1.78. The molecule has 0 saturated carbocycles. The molecule has 2 aliphatic heterocycles. The van der Waals surface area contributed by atoms with Gasteiger partial charge in [0.15, 0.2) is 0 Å². The van der Waals surface area contributed by atoms with Crippen LogP contribution in [0, 0.1) is 0 Å². The molecule has 2 heterocycles. The summed E-state index contributed by atoms with van der Waals surface area (Å²) in [6, 6.07) is 4.28. The van der Waals surface area contributed by atoms with Crippen molar-refractivity contribution in [3.63, 3.8) is 0 Å². The minimum atomic E-state index is -4.08. The Hall–Kier alpha value is -2.46. The summed E-state index contributed by atoms with van der Waals surface area (Å²) in [6.07, 6.45) is 0.450. The summed E-state index contributed by atoms with van der Waals surface area (Å²) < 4.78 is 30.4. The molecule has 2 aliphatic rings. The zero-order valence-corrected chi connectivity index (χ0v) is 14.0. The number of nitrogens with one attached hydrogen (secondary N) is 2. The van der Waals surface area contributed by atoms with Crippen molar-refractivity contribution in [2.75, 3.05) is 17.6 Å². The van der Waals surface area contributed by atoms with E-state index in [-0.39, 0.29) is 37.7 Å². The Morgan fingerprint density at radius 3 is 2.72 bits per heavy atom. The Labute approximate surface area is 144 Å². The van der Waals surface area contributed by atoms with Crippen molar-refractivity contribution in [2.45, 2.75) is 25.4 Å². The number of hydrogen-bond donors (Lipinski definition) is 3. The summed E-state index contributed by atoms with van der Waals surface area (Å²) in [7, 11) is -4.08. The molecule has 3 amide bonds. The van der Waals surface area contributed by atoms with Gasteiger partial charge in [-0.2, -0.15) is 8.42 Å². The fraction of sp³-hybridized carbons (Fsp3) is 0.400. The van der Waals surface area contributed by atoms with E-state index in [9.17, 15) is 22.8 Å². The van der Waals surface area contributed by atoms with Crippen molar-refractivity contribution in [3.8, 4) is 0 Å². The van der Waals surface area contributed by atoms with E-state index in [2.05, 4.69) is 10.6 Å². The first-order valence-corrected chi connectivity index (χ1v) is 9.33. The number of hydrogen-bond acceptors (Lipinski definition) is 6. The van der Waals surface area contributed by atoms with E-state index < -0.39 is 27.8 Å². The molecule has 3 rings (SSSR count). The maximum atomic E-state index is 12.6. The van der Waals surface area contributed by atoms with Crippen LogP contribution in [0.1, 0.15) is 28.8 Å². The lowest BCUT2D eigenvalue weighted by Crippen LogP contribution is -2.52. The van der Waals surface area contributed by atoms with Crippen molar-refractivity contribution < 1.29 is 27.4 Å². The van der Waals surface area contributed by atoms with Gasteiger partial charge in [-0.25, -0.2) is 0 Å². The number of imide groups is 1. The summed E-state index contributed by atoms with van der Waals surface area (Å²) in [5, 5.41) is 5.13. The van der Waals surface area contributed by atoms with Crippen molar-refractivity contribution in [1.82, 2.24) is 10.2 Å². The van der Waals surface area contributed by atoms with Crippen molar-refractivity contribution in [1.29, 1.82) is 0 Å². The van der Waals surface area contributed by atoms with Gasteiger partial charge >= 0.3 is 0 Å². The molecule has 0 aromatic heterocycles. The smallest absolute Gasteiger partial charge is 0.266 e. The quantitative estimate of drug-likeness (QED) is 0.483. The third-order valence-corrected chi connectivity index (χ3v) is 4.98. The van der Waals surface area contributed by atoms with Crippen LogP contribution in [0.4, 0.5) is 5.69 Å². The standard InChI is InChI=1S/C15H17N3O6S/c19-13-5-4-12(14(20)17-13)18-8-10-9(15(18)21)2-1-3-11(10)16-6-7-25(22,23)24/h1-3,12,16H,4-8H2,(H,17,19,20)(H,22,23,24). The highest BCUT2D eigenvalue weighted by Gasteiger charge is 2.39. The average molecular weight is 367 g/mol. The highest BCUT2D eigenvalue weighted by molar-refractivity contribution is 7.85. The third kappa shape index (κ3) is 3.64. The molecule has 1 saturated heterocycles. The predicted molar refractivity (Wildman–Crippen MR) is 87.4 cm³/mol. The Kier molecular flexibility index (Phi) is 4.48. The number of benzene rings is 1. The normalized spacial score (nSPS) is 20.4. The average Bonchev–Trinajstić information content (AvgIpc) is 2.84. The van der Waals surface area contributed by atoms with Gasteiger partial charge in [-0.1, -0.05) is 6.07 Å². The molecule has 0 bridgehead atoms. The molecule has 1 atom stereocenters. The fourth-order valence-corrected chi connectivity index (χ4v) is 3.43. The van der Waals surface area contributed by atoms with Gasteiger partial charge in [-0.15, -0.1) is 0 Å². The zero-order valence-electron chi connectivity index (χ0n) is 13.2. The first kappa shape index (κ1) is 17.4. The summed E-state index contributed by atoms with van der Waals surface area (Å²) in [4.78, 5) is 37.3. The van der Waals surface area contributed by atoms with Crippen molar-refractivity contribution in [2.24, 2.45) is 0 Å². The Bertz CT molecular complexity index is 851. The molecule has 0 spiro atoms.